The molecule has 2 aromatic heterocycles. The molecule has 2 aromatic carbocycles. The van der Waals surface area contributed by atoms with E-state index in [1.54, 1.807) is 12.1 Å². The van der Waals surface area contributed by atoms with Crippen molar-refractivity contribution in [3.8, 4) is 28.5 Å². The molecule has 0 spiro atoms. The van der Waals surface area contributed by atoms with Crippen LogP contribution in [0.1, 0.15) is 31.2 Å². The number of aryl methyl sites for hydroxylation is 1. The molecule has 1 saturated heterocycles. The van der Waals surface area contributed by atoms with E-state index < -0.39 is 16.4 Å². The first-order chi connectivity index (χ1) is 20.9. The van der Waals surface area contributed by atoms with Crippen LogP contribution in [0.5, 0.6) is 17.2 Å². The lowest BCUT2D eigenvalue weighted by Crippen LogP contribution is -2.29. The Bertz CT molecular complexity index is 1710. The van der Waals surface area contributed by atoms with E-state index in [1.807, 2.05) is 56.6 Å². The van der Waals surface area contributed by atoms with Gasteiger partial charge in [-0.25, -0.2) is 9.97 Å². The van der Waals surface area contributed by atoms with E-state index in [1.165, 1.54) is 6.07 Å². The van der Waals surface area contributed by atoms with E-state index in [4.69, 9.17) is 28.1 Å². The maximum Gasteiger partial charge on any atom is 0.300 e. The summed E-state index contributed by atoms with van der Waals surface area (Å²) in [5.74, 6) is 2.51. The highest BCUT2D eigenvalue weighted by atomic mass is 32.2. The van der Waals surface area contributed by atoms with Gasteiger partial charge in [0.2, 0.25) is 0 Å². The van der Waals surface area contributed by atoms with Crippen LogP contribution < -0.4 is 19.1 Å². The van der Waals surface area contributed by atoms with Gasteiger partial charge in [0.25, 0.3) is 0 Å². The fraction of sp³-hybridized carbons (Fsp3) is 0.375. The average molecular weight is 606 g/mol. The summed E-state index contributed by atoms with van der Waals surface area (Å²) in [5.41, 5.74) is 3.40. The summed E-state index contributed by atoms with van der Waals surface area (Å²) >= 11 is 0. The number of hydrogen-bond acceptors (Lipinski definition) is 10. The van der Waals surface area contributed by atoms with Crippen molar-refractivity contribution in [2.45, 2.75) is 43.8 Å². The molecule has 10 nitrogen and oxygen atoms in total. The van der Waals surface area contributed by atoms with E-state index >= 15 is 0 Å². The van der Waals surface area contributed by atoms with Crippen LogP contribution in [-0.4, -0.2) is 64.7 Å². The van der Waals surface area contributed by atoms with Crippen LogP contribution in [0, 0.1) is 6.92 Å². The molecule has 0 bridgehead atoms. The van der Waals surface area contributed by atoms with Crippen LogP contribution >= 0.6 is 0 Å². The maximum absolute atomic E-state index is 13.0. The lowest BCUT2D eigenvalue weighted by molar-refractivity contribution is -0.107. The van der Waals surface area contributed by atoms with Crippen LogP contribution in [0.2, 0.25) is 0 Å². The second-order valence-corrected chi connectivity index (χ2v) is 12.3. The lowest BCUT2D eigenvalue weighted by atomic mass is 10.1. The first-order valence-corrected chi connectivity index (χ1v) is 15.9. The van der Waals surface area contributed by atoms with Crippen LogP contribution in [0.4, 0.5) is 5.82 Å². The summed E-state index contributed by atoms with van der Waals surface area (Å²) in [5, 5.41) is 0.927. The first-order valence-electron chi connectivity index (χ1n) is 14.5. The lowest BCUT2D eigenvalue weighted by Gasteiger charge is -2.26. The number of rotatable bonds is 10. The van der Waals surface area contributed by atoms with Crippen molar-refractivity contribution in [1.29, 1.82) is 0 Å². The Hall–Kier alpha value is -3.93. The van der Waals surface area contributed by atoms with E-state index in [2.05, 4.69) is 9.88 Å². The molecule has 43 heavy (non-hydrogen) atoms. The zero-order valence-electron chi connectivity index (χ0n) is 24.3. The fourth-order valence-electron chi connectivity index (χ4n) is 5.06. The molecule has 4 heterocycles. The predicted molar refractivity (Wildman–Crippen MR) is 162 cm³/mol. The molecule has 11 heteroatoms. The van der Waals surface area contributed by atoms with Crippen LogP contribution in [0.3, 0.4) is 0 Å². The van der Waals surface area contributed by atoms with Gasteiger partial charge in [-0.05, 0) is 67.8 Å². The molecular weight excluding hydrogens is 570 g/mol. The van der Waals surface area contributed by atoms with Crippen LogP contribution in [-0.2, 0) is 19.0 Å². The molecule has 2 aliphatic heterocycles. The summed E-state index contributed by atoms with van der Waals surface area (Å²) in [7, 11) is -2.02. The van der Waals surface area contributed by atoms with E-state index in [0.717, 1.165) is 65.1 Å². The van der Waals surface area contributed by atoms with Gasteiger partial charge < -0.3 is 23.8 Å². The number of hydrogen-bond donors (Lipinski definition) is 0. The Balaban J connectivity index is 1.04. The summed E-state index contributed by atoms with van der Waals surface area (Å²) in [6, 6.07) is 16.5. The minimum Gasteiger partial charge on any atom is -0.493 e. The summed E-state index contributed by atoms with van der Waals surface area (Å²) in [6.45, 7) is 4.18. The molecule has 1 fully saturated rings. The van der Waals surface area contributed by atoms with Crippen molar-refractivity contribution < 1.29 is 31.5 Å². The third-order valence-electron chi connectivity index (χ3n) is 7.40. The molecule has 1 atom stereocenters. The third kappa shape index (κ3) is 6.84. The second kappa shape index (κ2) is 12.7. The van der Waals surface area contributed by atoms with E-state index in [-0.39, 0.29) is 23.9 Å². The molecular formula is C32H35N3O7S. The number of ether oxygens (including phenoxy) is 4. The van der Waals surface area contributed by atoms with E-state index in [9.17, 15) is 8.42 Å². The number of nitrogens with zero attached hydrogens (tertiary/aromatic N) is 3. The summed E-state index contributed by atoms with van der Waals surface area (Å²) < 4.78 is 54.5. The Morgan fingerprint density at radius 2 is 1.93 bits per heavy atom. The molecule has 6 rings (SSSR count). The van der Waals surface area contributed by atoms with Crippen molar-refractivity contribution in [3.63, 3.8) is 0 Å². The number of benzene rings is 2. The quantitative estimate of drug-likeness (QED) is 0.169. The minimum absolute atomic E-state index is 0.000575. The van der Waals surface area contributed by atoms with Crippen molar-refractivity contribution >= 4 is 26.8 Å². The highest BCUT2D eigenvalue weighted by molar-refractivity contribution is 7.86. The van der Waals surface area contributed by atoms with Gasteiger partial charge in [0.1, 0.15) is 23.0 Å². The Morgan fingerprint density at radius 3 is 2.79 bits per heavy atom. The monoisotopic (exact) mass is 605 g/mol. The topological polar surface area (TPSA) is 109 Å². The van der Waals surface area contributed by atoms with Gasteiger partial charge in [-0.2, -0.15) is 8.42 Å². The smallest absolute Gasteiger partial charge is 0.300 e. The Kier molecular flexibility index (Phi) is 8.64. The molecule has 2 aliphatic rings. The molecule has 1 unspecified atom stereocenters. The Morgan fingerprint density at radius 1 is 1.02 bits per heavy atom. The molecule has 4 aromatic rings. The predicted octanol–water partition coefficient (Wildman–Crippen LogP) is 5.51. The van der Waals surface area contributed by atoms with Crippen molar-refractivity contribution in [2.75, 3.05) is 44.9 Å². The van der Waals surface area contributed by atoms with Gasteiger partial charge in [-0.15, -0.1) is 0 Å². The first kappa shape index (κ1) is 29.2. The number of anilines is 1. The van der Waals surface area contributed by atoms with Crippen molar-refractivity contribution in [2.24, 2.45) is 0 Å². The van der Waals surface area contributed by atoms with Gasteiger partial charge in [-0.1, -0.05) is 12.1 Å². The largest absolute Gasteiger partial charge is 0.493 e. The average Bonchev–Trinajstić information content (AvgIpc) is 3.01. The SMILES string of the molecule is Cc1ccc(S(=O)(=O)OCCCOc2ccc3nc(-c4cnc5c(c4)OCCN5C)ccc3c2)c(OC2CCCCO2)c1. The van der Waals surface area contributed by atoms with Gasteiger partial charge in [0.15, 0.2) is 17.9 Å². The molecule has 0 saturated carbocycles. The minimum atomic E-state index is -4.03. The van der Waals surface area contributed by atoms with E-state index in [0.29, 0.717) is 25.4 Å². The normalized spacial score (nSPS) is 16.9. The van der Waals surface area contributed by atoms with Crippen molar-refractivity contribution in [3.05, 3.63) is 66.4 Å². The molecule has 0 aliphatic carbocycles. The standard InChI is InChI=1S/C32H35N3O7S/c1-22-7-12-30(28(18-22)42-31-6-3-4-14-40-31)43(36,37)41-16-5-15-38-25-9-11-26-23(19-25)8-10-27(34-26)24-20-29-32(33-21-24)35(2)13-17-39-29/h7-12,18-21,31H,3-6,13-17H2,1-2H3. The highest BCUT2D eigenvalue weighted by Crippen LogP contribution is 2.33. The second-order valence-electron chi connectivity index (χ2n) is 10.7. The van der Waals surface area contributed by atoms with Gasteiger partial charge in [0.05, 0.1) is 37.6 Å². The molecule has 0 N–H and O–H groups in total. The fourth-order valence-corrected chi connectivity index (χ4v) is 6.12. The van der Waals surface area contributed by atoms with Gasteiger partial charge in [0, 0.05) is 37.0 Å². The zero-order chi connectivity index (χ0) is 29.8. The molecule has 0 amide bonds. The number of likely N-dealkylation sites (N-methyl/N-ethyl adjacent to an activating group) is 1. The van der Waals surface area contributed by atoms with Crippen LogP contribution in [0.25, 0.3) is 22.2 Å². The Labute approximate surface area is 251 Å². The number of fused-ring (bicyclic) bond motifs is 2. The van der Waals surface area contributed by atoms with Gasteiger partial charge in [-0.3, -0.25) is 4.18 Å². The highest BCUT2D eigenvalue weighted by Gasteiger charge is 2.24. The third-order valence-corrected chi connectivity index (χ3v) is 8.75. The van der Waals surface area contributed by atoms with Crippen LogP contribution in [0.15, 0.2) is 65.7 Å². The zero-order valence-corrected chi connectivity index (χ0v) is 25.1. The summed E-state index contributed by atoms with van der Waals surface area (Å²) in [4.78, 5) is 11.4. The van der Waals surface area contributed by atoms with Crippen molar-refractivity contribution in [1.82, 2.24) is 9.97 Å². The molecule has 226 valence electrons. The number of aromatic nitrogens is 2. The maximum atomic E-state index is 13.0. The van der Waals surface area contributed by atoms with Gasteiger partial charge >= 0.3 is 10.1 Å². The number of pyridine rings is 2. The molecule has 0 radical (unpaired) electrons. The summed E-state index contributed by atoms with van der Waals surface area (Å²) in [6.07, 6.45) is 4.41.